The van der Waals surface area contributed by atoms with E-state index in [1.54, 1.807) is 7.11 Å². The van der Waals surface area contributed by atoms with E-state index in [0.717, 1.165) is 5.56 Å². The quantitative estimate of drug-likeness (QED) is 0.803. The number of hydrogen-bond donors (Lipinski definition) is 1. The Hall–Kier alpha value is -1.39. The second kappa shape index (κ2) is 7.13. The van der Waals surface area contributed by atoms with Crippen LogP contribution in [0.3, 0.4) is 0 Å². The third kappa shape index (κ3) is 5.29. The lowest BCUT2D eigenvalue weighted by molar-refractivity contribution is -0.138. The van der Waals surface area contributed by atoms with Crippen LogP contribution in [0.25, 0.3) is 0 Å². The zero-order valence-electron chi connectivity index (χ0n) is 11.3. The van der Waals surface area contributed by atoms with Gasteiger partial charge in [0.15, 0.2) is 0 Å². The molecule has 4 nitrogen and oxygen atoms in total. The number of aryl methyl sites for hydroxylation is 2. The van der Waals surface area contributed by atoms with Gasteiger partial charge in [0, 0.05) is 20.2 Å². The van der Waals surface area contributed by atoms with Crippen molar-refractivity contribution in [3.8, 4) is 0 Å². The van der Waals surface area contributed by atoms with E-state index in [0.29, 0.717) is 19.7 Å². The number of carboxylic acids is 1. The summed E-state index contributed by atoms with van der Waals surface area (Å²) >= 11 is 0. The lowest BCUT2D eigenvalue weighted by atomic mass is 10.1. The highest BCUT2D eigenvalue weighted by Crippen LogP contribution is 2.11. The van der Waals surface area contributed by atoms with Gasteiger partial charge in [0.05, 0.1) is 13.2 Å². The molecule has 0 saturated carbocycles. The first-order chi connectivity index (χ1) is 8.51. The molecule has 0 radical (unpaired) electrons. The smallest absolute Gasteiger partial charge is 0.317 e. The fraction of sp³-hybridized carbons (Fsp3) is 0.500. The molecule has 1 N–H and O–H groups in total. The number of aliphatic carboxylic acids is 1. The average molecular weight is 251 g/mol. The fourth-order valence-electron chi connectivity index (χ4n) is 2.04. The minimum Gasteiger partial charge on any atom is -0.480 e. The van der Waals surface area contributed by atoms with E-state index in [1.807, 2.05) is 18.7 Å². The first kappa shape index (κ1) is 14.7. The molecule has 1 rings (SSSR count). The highest BCUT2D eigenvalue weighted by molar-refractivity contribution is 5.69. The standard InChI is InChI=1S/C14H21NO3/c1-11-6-12(2)8-13(7-11)9-15(4-5-18-3)10-14(16)17/h6-8H,4-5,9-10H2,1-3H3,(H,16,17). The molecule has 0 aromatic heterocycles. The number of carboxylic acid groups (broad SMARTS) is 1. The van der Waals surface area contributed by atoms with E-state index in [9.17, 15) is 4.79 Å². The van der Waals surface area contributed by atoms with Gasteiger partial charge in [-0.25, -0.2) is 0 Å². The van der Waals surface area contributed by atoms with Crippen molar-refractivity contribution >= 4 is 5.97 Å². The molecule has 0 heterocycles. The van der Waals surface area contributed by atoms with Crippen LogP contribution >= 0.6 is 0 Å². The maximum absolute atomic E-state index is 10.8. The molecule has 0 unspecified atom stereocenters. The van der Waals surface area contributed by atoms with E-state index in [2.05, 4.69) is 18.2 Å². The predicted molar refractivity (Wildman–Crippen MR) is 70.7 cm³/mol. The highest BCUT2D eigenvalue weighted by Gasteiger charge is 2.10. The Morgan fingerprint density at radius 2 is 1.89 bits per heavy atom. The number of hydrogen-bond acceptors (Lipinski definition) is 3. The van der Waals surface area contributed by atoms with Crippen LogP contribution in [0, 0.1) is 13.8 Å². The molecule has 0 saturated heterocycles. The minimum atomic E-state index is -0.810. The summed E-state index contributed by atoms with van der Waals surface area (Å²) in [5, 5.41) is 8.89. The normalized spacial score (nSPS) is 10.9. The molecule has 0 aliphatic heterocycles. The Morgan fingerprint density at radius 3 is 2.39 bits per heavy atom. The van der Waals surface area contributed by atoms with Crippen LogP contribution in [-0.4, -0.2) is 42.8 Å². The van der Waals surface area contributed by atoms with Crippen LogP contribution in [0.4, 0.5) is 0 Å². The number of nitrogens with zero attached hydrogens (tertiary/aromatic N) is 1. The van der Waals surface area contributed by atoms with E-state index in [-0.39, 0.29) is 6.54 Å². The molecule has 1 aromatic carbocycles. The molecule has 0 spiro atoms. The van der Waals surface area contributed by atoms with E-state index in [4.69, 9.17) is 9.84 Å². The molecule has 0 fully saturated rings. The molecule has 100 valence electrons. The average Bonchev–Trinajstić information content (AvgIpc) is 2.23. The summed E-state index contributed by atoms with van der Waals surface area (Å²) in [6, 6.07) is 6.30. The Kier molecular flexibility index (Phi) is 5.82. The van der Waals surface area contributed by atoms with Gasteiger partial charge < -0.3 is 9.84 Å². The number of methoxy groups -OCH3 is 1. The third-order valence-corrected chi connectivity index (χ3v) is 2.66. The molecular weight excluding hydrogens is 230 g/mol. The van der Waals surface area contributed by atoms with Crippen molar-refractivity contribution in [3.05, 3.63) is 34.9 Å². The summed E-state index contributed by atoms with van der Waals surface area (Å²) in [5.41, 5.74) is 3.55. The van der Waals surface area contributed by atoms with E-state index >= 15 is 0 Å². The molecule has 18 heavy (non-hydrogen) atoms. The second-order valence-electron chi connectivity index (χ2n) is 4.59. The minimum absolute atomic E-state index is 0.0380. The molecule has 0 amide bonds. The molecule has 0 aliphatic carbocycles. The number of ether oxygens (including phenoxy) is 1. The number of carbonyl (C=O) groups is 1. The number of benzene rings is 1. The van der Waals surface area contributed by atoms with Crippen molar-refractivity contribution < 1.29 is 14.6 Å². The van der Waals surface area contributed by atoms with Crippen LogP contribution in [0.1, 0.15) is 16.7 Å². The van der Waals surface area contributed by atoms with Crippen LogP contribution in [-0.2, 0) is 16.1 Å². The zero-order chi connectivity index (χ0) is 13.5. The molecule has 0 atom stereocenters. The van der Waals surface area contributed by atoms with Gasteiger partial charge in [0.1, 0.15) is 0 Å². The highest BCUT2D eigenvalue weighted by atomic mass is 16.5. The molecule has 4 heteroatoms. The Bertz CT molecular complexity index is 384. The summed E-state index contributed by atoms with van der Waals surface area (Å²) in [7, 11) is 1.62. The van der Waals surface area contributed by atoms with Gasteiger partial charge in [-0.3, -0.25) is 9.69 Å². The lowest BCUT2D eigenvalue weighted by Gasteiger charge is -2.20. The Labute approximate surface area is 108 Å². The van der Waals surface area contributed by atoms with Crippen molar-refractivity contribution in [1.82, 2.24) is 4.90 Å². The second-order valence-corrected chi connectivity index (χ2v) is 4.59. The molecule has 0 aliphatic rings. The molecular formula is C14H21NO3. The fourth-order valence-corrected chi connectivity index (χ4v) is 2.04. The largest absolute Gasteiger partial charge is 0.480 e. The monoisotopic (exact) mass is 251 g/mol. The van der Waals surface area contributed by atoms with Gasteiger partial charge in [-0.15, -0.1) is 0 Å². The van der Waals surface area contributed by atoms with Crippen molar-refractivity contribution in [2.24, 2.45) is 0 Å². The summed E-state index contributed by atoms with van der Waals surface area (Å²) < 4.78 is 5.00. The van der Waals surface area contributed by atoms with Crippen LogP contribution in [0.5, 0.6) is 0 Å². The first-order valence-electron chi connectivity index (χ1n) is 6.01. The van der Waals surface area contributed by atoms with Crippen molar-refractivity contribution in [2.75, 3.05) is 26.8 Å². The summed E-state index contributed by atoms with van der Waals surface area (Å²) in [6.07, 6.45) is 0. The zero-order valence-corrected chi connectivity index (χ0v) is 11.3. The third-order valence-electron chi connectivity index (χ3n) is 2.66. The van der Waals surface area contributed by atoms with Gasteiger partial charge in [0.25, 0.3) is 0 Å². The van der Waals surface area contributed by atoms with Crippen LogP contribution < -0.4 is 0 Å². The van der Waals surface area contributed by atoms with E-state index in [1.165, 1.54) is 11.1 Å². The van der Waals surface area contributed by atoms with Gasteiger partial charge in [-0.2, -0.15) is 0 Å². The van der Waals surface area contributed by atoms with Crippen LogP contribution in [0.15, 0.2) is 18.2 Å². The van der Waals surface area contributed by atoms with Crippen molar-refractivity contribution in [3.63, 3.8) is 0 Å². The SMILES string of the molecule is COCCN(CC(=O)O)Cc1cc(C)cc(C)c1. The maximum Gasteiger partial charge on any atom is 0.317 e. The van der Waals surface area contributed by atoms with Crippen molar-refractivity contribution in [2.45, 2.75) is 20.4 Å². The van der Waals surface area contributed by atoms with Gasteiger partial charge in [-0.05, 0) is 19.4 Å². The van der Waals surface area contributed by atoms with E-state index < -0.39 is 5.97 Å². The summed E-state index contributed by atoms with van der Waals surface area (Å²) in [6.45, 7) is 5.93. The first-order valence-corrected chi connectivity index (χ1v) is 6.01. The molecule has 1 aromatic rings. The lowest BCUT2D eigenvalue weighted by Crippen LogP contribution is -2.32. The Balaban J connectivity index is 2.71. The molecule has 0 bridgehead atoms. The number of rotatable bonds is 7. The summed E-state index contributed by atoms with van der Waals surface area (Å²) in [5.74, 6) is -0.810. The predicted octanol–water partition coefficient (Wildman–Crippen LogP) is 1.84. The van der Waals surface area contributed by atoms with Crippen LogP contribution in [0.2, 0.25) is 0 Å². The van der Waals surface area contributed by atoms with Gasteiger partial charge >= 0.3 is 5.97 Å². The van der Waals surface area contributed by atoms with Gasteiger partial charge in [0.2, 0.25) is 0 Å². The van der Waals surface area contributed by atoms with Gasteiger partial charge in [-0.1, -0.05) is 29.3 Å². The maximum atomic E-state index is 10.8. The Morgan fingerprint density at radius 1 is 1.28 bits per heavy atom. The van der Waals surface area contributed by atoms with Crippen molar-refractivity contribution in [1.29, 1.82) is 0 Å². The topological polar surface area (TPSA) is 49.8 Å². The summed E-state index contributed by atoms with van der Waals surface area (Å²) in [4.78, 5) is 12.7.